The summed E-state index contributed by atoms with van der Waals surface area (Å²) in [6.07, 6.45) is 1.54. The Bertz CT molecular complexity index is 1040. The van der Waals surface area contributed by atoms with Crippen LogP contribution in [0.5, 0.6) is 17.4 Å². The van der Waals surface area contributed by atoms with Gasteiger partial charge in [0.25, 0.3) is 0 Å². The predicted molar refractivity (Wildman–Crippen MR) is 103 cm³/mol. The van der Waals surface area contributed by atoms with Gasteiger partial charge in [-0.05, 0) is 53.6 Å². The molecule has 0 fully saturated rings. The third-order valence-corrected chi connectivity index (χ3v) is 5.12. The number of nitrogens with zero attached hydrogens (tertiary/aromatic N) is 1. The van der Waals surface area contributed by atoms with Gasteiger partial charge in [0, 0.05) is 18.8 Å². The van der Waals surface area contributed by atoms with Gasteiger partial charge < -0.3 is 9.47 Å². The summed E-state index contributed by atoms with van der Waals surface area (Å²) >= 11 is 0. The molecule has 0 amide bonds. The number of hydrogen-bond donors (Lipinski definition) is 1. The number of pyridine rings is 1. The molecule has 0 spiro atoms. The van der Waals surface area contributed by atoms with E-state index in [4.69, 9.17) is 9.47 Å². The monoisotopic (exact) mass is 402 g/mol. The molecule has 146 valence electrons. The van der Waals surface area contributed by atoms with Gasteiger partial charge in [0.15, 0.2) is 0 Å². The van der Waals surface area contributed by atoms with E-state index in [1.54, 1.807) is 49.6 Å². The van der Waals surface area contributed by atoms with E-state index in [1.165, 1.54) is 24.4 Å². The van der Waals surface area contributed by atoms with Crippen LogP contribution in [0.1, 0.15) is 11.1 Å². The van der Waals surface area contributed by atoms with Gasteiger partial charge in [-0.25, -0.2) is 22.5 Å². The first-order chi connectivity index (χ1) is 13.4. The number of rotatable bonds is 8. The van der Waals surface area contributed by atoms with E-state index in [9.17, 15) is 12.8 Å². The van der Waals surface area contributed by atoms with E-state index in [-0.39, 0.29) is 12.3 Å². The van der Waals surface area contributed by atoms with Crippen LogP contribution in [0, 0.1) is 5.82 Å². The van der Waals surface area contributed by atoms with Crippen molar-refractivity contribution >= 4 is 10.0 Å². The molecule has 8 heteroatoms. The SMILES string of the molecule is COc1ccc(Oc2cc(CNS(=O)(=O)Cc3cccc(F)c3)ccn2)cc1. The summed E-state index contributed by atoms with van der Waals surface area (Å²) in [5, 5.41) is 0. The molecule has 0 saturated heterocycles. The molecule has 6 nitrogen and oxygen atoms in total. The van der Waals surface area contributed by atoms with E-state index in [0.29, 0.717) is 28.5 Å². The average Bonchev–Trinajstić information content (AvgIpc) is 2.67. The molecule has 0 aliphatic heterocycles. The first-order valence-corrected chi connectivity index (χ1v) is 10.1. The zero-order chi connectivity index (χ0) is 20.0. The normalized spacial score (nSPS) is 11.2. The number of benzene rings is 2. The summed E-state index contributed by atoms with van der Waals surface area (Å²) in [6, 6.07) is 15.9. The molecular formula is C20H19FN2O4S. The van der Waals surface area contributed by atoms with Crippen molar-refractivity contribution in [2.75, 3.05) is 7.11 Å². The Labute approximate surface area is 163 Å². The van der Waals surface area contributed by atoms with Gasteiger partial charge in [0.05, 0.1) is 12.9 Å². The van der Waals surface area contributed by atoms with Crippen LogP contribution in [0.15, 0.2) is 66.9 Å². The number of halogens is 1. The molecule has 1 aromatic heterocycles. The van der Waals surface area contributed by atoms with Crippen LogP contribution < -0.4 is 14.2 Å². The van der Waals surface area contributed by atoms with Crippen molar-refractivity contribution in [3.8, 4) is 17.4 Å². The highest BCUT2D eigenvalue weighted by Gasteiger charge is 2.12. The molecule has 3 rings (SSSR count). The third-order valence-electron chi connectivity index (χ3n) is 3.82. The van der Waals surface area contributed by atoms with Crippen LogP contribution in [-0.2, 0) is 22.3 Å². The van der Waals surface area contributed by atoms with Gasteiger partial charge in [-0.2, -0.15) is 0 Å². The van der Waals surface area contributed by atoms with E-state index in [2.05, 4.69) is 9.71 Å². The Kier molecular flexibility index (Phi) is 6.23. The summed E-state index contributed by atoms with van der Waals surface area (Å²) in [5.74, 6) is 0.860. The van der Waals surface area contributed by atoms with E-state index in [1.807, 2.05) is 0 Å². The first kappa shape index (κ1) is 19.8. The second kappa shape index (κ2) is 8.81. The molecule has 0 aliphatic rings. The minimum atomic E-state index is -3.62. The van der Waals surface area contributed by atoms with Crippen LogP contribution in [0.4, 0.5) is 4.39 Å². The molecule has 0 atom stereocenters. The number of hydrogen-bond acceptors (Lipinski definition) is 5. The molecule has 2 aromatic carbocycles. The van der Waals surface area contributed by atoms with Crippen molar-refractivity contribution in [3.05, 3.63) is 83.8 Å². The van der Waals surface area contributed by atoms with Crippen molar-refractivity contribution in [1.82, 2.24) is 9.71 Å². The fraction of sp³-hybridized carbons (Fsp3) is 0.150. The largest absolute Gasteiger partial charge is 0.497 e. The maximum absolute atomic E-state index is 13.2. The summed E-state index contributed by atoms with van der Waals surface area (Å²) in [7, 11) is -2.04. The lowest BCUT2D eigenvalue weighted by Crippen LogP contribution is -2.24. The van der Waals surface area contributed by atoms with E-state index < -0.39 is 15.8 Å². The zero-order valence-corrected chi connectivity index (χ0v) is 15.9. The Morgan fingerprint density at radius 3 is 2.46 bits per heavy atom. The maximum Gasteiger partial charge on any atom is 0.219 e. The average molecular weight is 402 g/mol. The van der Waals surface area contributed by atoms with Crippen molar-refractivity contribution in [3.63, 3.8) is 0 Å². The summed E-state index contributed by atoms with van der Waals surface area (Å²) < 4.78 is 50.9. The van der Waals surface area contributed by atoms with Crippen molar-refractivity contribution in [2.24, 2.45) is 0 Å². The molecule has 0 unspecified atom stereocenters. The van der Waals surface area contributed by atoms with Gasteiger partial charge in [0.2, 0.25) is 15.9 Å². The van der Waals surface area contributed by atoms with Crippen molar-refractivity contribution in [1.29, 1.82) is 0 Å². The van der Waals surface area contributed by atoms with Crippen LogP contribution in [-0.4, -0.2) is 20.5 Å². The van der Waals surface area contributed by atoms with Crippen LogP contribution in [0.2, 0.25) is 0 Å². The smallest absolute Gasteiger partial charge is 0.219 e. The number of aromatic nitrogens is 1. The van der Waals surface area contributed by atoms with Gasteiger partial charge in [-0.1, -0.05) is 12.1 Å². The number of nitrogens with one attached hydrogen (secondary N) is 1. The lowest BCUT2D eigenvalue weighted by atomic mass is 10.2. The quantitative estimate of drug-likeness (QED) is 0.622. The van der Waals surface area contributed by atoms with Crippen LogP contribution >= 0.6 is 0 Å². The molecule has 0 aliphatic carbocycles. The highest BCUT2D eigenvalue weighted by molar-refractivity contribution is 7.88. The second-order valence-electron chi connectivity index (χ2n) is 5.99. The van der Waals surface area contributed by atoms with Crippen molar-refractivity contribution in [2.45, 2.75) is 12.3 Å². The molecular weight excluding hydrogens is 383 g/mol. The van der Waals surface area contributed by atoms with Gasteiger partial charge >= 0.3 is 0 Å². The predicted octanol–water partition coefficient (Wildman–Crippen LogP) is 3.64. The molecule has 0 bridgehead atoms. The summed E-state index contributed by atoms with van der Waals surface area (Å²) in [6.45, 7) is 0.0686. The standard InChI is InChI=1S/C20H19FN2O4S/c1-26-18-5-7-19(8-6-18)27-20-12-15(9-10-22-20)13-23-28(24,25)14-16-3-2-4-17(21)11-16/h2-12,23H,13-14H2,1H3. The topological polar surface area (TPSA) is 77.5 Å². The zero-order valence-electron chi connectivity index (χ0n) is 15.1. The lowest BCUT2D eigenvalue weighted by molar-refractivity contribution is 0.412. The van der Waals surface area contributed by atoms with Gasteiger partial charge in [0.1, 0.15) is 17.3 Å². The number of ether oxygens (including phenoxy) is 2. The Morgan fingerprint density at radius 1 is 1.00 bits per heavy atom. The summed E-state index contributed by atoms with van der Waals surface area (Å²) in [5.41, 5.74) is 1.06. The molecule has 28 heavy (non-hydrogen) atoms. The van der Waals surface area contributed by atoms with Gasteiger partial charge in [-0.3, -0.25) is 0 Å². The van der Waals surface area contributed by atoms with E-state index in [0.717, 1.165) is 0 Å². The van der Waals surface area contributed by atoms with Crippen molar-refractivity contribution < 1.29 is 22.3 Å². The third kappa shape index (κ3) is 5.77. The van der Waals surface area contributed by atoms with Crippen LogP contribution in [0.25, 0.3) is 0 Å². The minimum Gasteiger partial charge on any atom is -0.497 e. The molecule has 1 heterocycles. The second-order valence-corrected chi connectivity index (χ2v) is 7.80. The first-order valence-electron chi connectivity index (χ1n) is 8.42. The highest BCUT2D eigenvalue weighted by Crippen LogP contribution is 2.22. The number of sulfonamides is 1. The van der Waals surface area contributed by atoms with E-state index >= 15 is 0 Å². The Balaban J connectivity index is 1.62. The fourth-order valence-corrected chi connectivity index (χ4v) is 3.58. The highest BCUT2D eigenvalue weighted by atomic mass is 32.2. The molecule has 3 aromatic rings. The summed E-state index contributed by atoms with van der Waals surface area (Å²) in [4.78, 5) is 4.13. The maximum atomic E-state index is 13.2. The molecule has 0 saturated carbocycles. The Morgan fingerprint density at radius 2 is 1.75 bits per heavy atom. The van der Waals surface area contributed by atoms with Crippen LogP contribution in [0.3, 0.4) is 0 Å². The number of methoxy groups -OCH3 is 1. The minimum absolute atomic E-state index is 0.0686. The lowest BCUT2D eigenvalue weighted by Gasteiger charge is -2.09. The fourth-order valence-electron chi connectivity index (χ4n) is 2.47. The van der Waals surface area contributed by atoms with Gasteiger partial charge in [-0.15, -0.1) is 0 Å². The molecule has 1 N–H and O–H groups in total. The molecule has 0 radical (unpaired) electrons. The Hall–Kier alpha value is -2.97.